The van der Waals surface area contributed by atoms with Gasteiger partial charge in [-0.25, -0.2) is 13.7 Å². The Hall–Kier alpha value is -0.760. The van der Waals surface area contributed by atoms with Crippen molar-refractivity contribution < 1.29 is 61.4 Å². The highest BCUT2D eigenvalue weighted by molar-refractivity contribution is 7.66. The topological polar surface area (TPSA) is 242 Å². The molecule has 0 bridgehead atoms. The number of ether oxygens (including phenoxy) is 1. The van der Waals surface area contributed by atoms with Crippen molar-refractivity contribution >= 4 is 23.5 Å². The number of hydrogen-bond acceptors (Lipinski definition) is 10. The molecule has 2 rings (SSSR count). The minimum Gasteiger partial charge on any atom is -0.387 e. The van der Waals surface area contributed by atoms with Crippen LogP contribution in [-0.2, 0) is 31.6 Å². The molecule has 0 aliphatic carbocycles. The number of aromatic amines is 1. The third-order valence-corrected chi connectivity index (χ3v) is 7.12. The molecule has 1 saturated heterocycles. The SMILES string of the molecule is O=c1ccc([C@@H]2O[C@H](COP(=O)(O)OP(=O)(O)OP(=O)(O)O)[C@H](O)C2O)c[nH]1. The fraction of sp³-hybridized carbons (Fsp3) is 0.500. The Balaban J connectivity index is 2.00. The van der Waals surface area contributed by atoms with Crippen LogP contribution >= 0.6 is 23.5 Å². The maximum absolute atomic E-state index is 11.7. The van der Waals surface area contributed by atoms with E-state index in [1.807, 2.05) is 0 Å². The first kappa shape index (κ1) is 23.5. The van der Waals surface area contributed by atoms with Crippen LogP contribution in [0.2, 0.25) is 0 Å². The van der Waals surface area contributed by atoms with Crippen LogP contribution in [0.15, 0.2) is 23.1 Å². The van der Waals surface area contributed by atoms with Gasteiger partial charge >= 0.3 is 23.5 Å². The van der Waals surface area contributed by atoms with Crippen molar-refractivity contribution in [1.29, 1.82) is 0 Å². The lowest BCUT2D eigenvalue weighted by Crippen LogP contribution is -2.33. The average Bonchev–Trinajstić information content (AvgIpc) is 2.78. The molecule has 18 heteroatoms. The summed E-state index contributed by atoms with van der Waals surface area (Å²) >= 11 is 0. The van der Waals surface area contributed by atoms with Crippen LogP contribution in [-0.4, -0.2) is 59.7 Å². The number of H-pyrrole nitrogens is 1. The Labute approximate surface area is 155 Å². The van der Waals surface area contributed by atoms with Gasteiger partial charge in [0.15, 0.2) is 0 Å². The number of aliphatic hydroxyl groups is 2. The maximum Gasteiger partial charge on any atom is 0.490 e. The molecule has 0 spiro atoms. The summed E-state index contributed by atoms with van der Waals surface area (Å²) in [6.45, 7) is -0.929. The summed E-state index contributed by atoms with van der Waals surface area (Å²) < 4.78 is 50.1. The number of aromatic nitrogens is 1. The fourth-order valence-corrected chi connectivity index (χ4v) is 5.26. The number of phosphoric ester groups is 1. The molecule has 0 amide bonds. The minimum atomic E-state index is -5.68. The molecule has 3 unspecified atom stereocenters. The van der Waals surface area contributed by atoms with Crippen molar-refractivity contribution in [2.45, 2.75) is 24.4 Å². The van der Waals surface area contributed by atoms with Gasteiger partial charge in [-0.2, -0.15) is 8.62 Å². The summed E-state index contributed by atoms with van der Waals surface area (Å²) in [4.78, 5) is 48.7. The van der Waals surface area contributed by atoms with E-state index < -0.39 is 60.1 Å². The molecule has 1 fully saturated rings. The van der Waals surface area contributed by atoms with E-state index in [4.69, 9.17) is 19.4 Å². The number of pyridine rings is 1. The molecule has 1 aromatic rings. The number of aliphatic hydroxyl groups excluding tert-OH is 2. The van der Waals surface area contributed by atoms with Crippen LogP contribution in [0.5, 0.6) is 0 Å². The maximum atomic E-state index is 11.7. The standard InChI is InChI=1S/C10H16NO14P3/c12-7-2-1-5(3-11-7)10-9(14)8(13)6(23-10)4-22-27(18,19)25-28(20,21)24-26(15,16)17/h1-3,6,8-10,13-14H,4H2,(H,11,12)(H,18,19)(H,20,21)(H2,15,16,17)/t6-,8+,9?,10+/m1/s1. The Bertz CT molecular complexity index is 875. The smallest absolute Gasteiger partial charge is 0.387 e. The molecular weight excluding hydrogens is 451 g/mol. The van der Waals surface area contributed by atoms with E-state index in [2.05, 4.69) is 18.1 Å². The van der Waals surface area contributed by atoms with Gasteiger partial charge < -0.3 is 39.5 Å². The molecule has 1 aromatic heterocycles. The number of hydrogen-bond donors (Lipinski definition) is 7. The molecule has 15 nitrogen and oxygen atoms in total. The molecule has 160 valence electrons. The summed E-state index contributed by atoms with van der Waals surface area (Å²) in [6.07, 6.45) is -4.46. The van der Waals surface area contributed by atoms with Gasteiger partial charge in [-0.3, -0.25) is 9.32 Å². The Morgan fingerprint density at radius 2 is 1.64 bits per heavy atom. The summed E-state index contributed by atoms with van der Waals surface area (Å²) in [5.74, 6) is 0. The van der Waals surface area contributed by atoms with Gasteiger partial charge in [0, 0.05) is 12.3 Å². The zero-order valence-electron chi connectivity index (χ0n) is 13.5. The predicted octanol–water partition coefficient (Wildman–Crippen LogP) is -1.12. The van der Waals surface area contributed by atoms with E-state index in [-0.39, 0.29) is 5.56 Å². The summed E-state index contributed by atoms with van der Waals surface area (Å²) in [5.41, 5.74) is -0.159. The van der Waals surface area contributed by atoms with E-state index in [9.17, 15) is 33.6 Å². The van der Waals surface area contributed by atoms with Crippen LogP contribution in [0.4, 0.5) is 0 Å². The second-order valence-corrected chi connectivity index (χ2v) is 9.87. The van der Waals surface area contributed by atoms with E-state index in [0.717, 1.165) is 6.07 Å². The highest BCUT2D eigenvalue weighted by atomic mass is 31.3. The Kier molecular flexibility index (Phi) is 7.17. The lowest BCUT2D eigenvalue weighted by atomic mass is 10.0. The lowest BCUT2D eigenvalue weighted by Gasteiger charge is -2.19. The van der Waals surface area contributed by atoms with Crippen LogP contribution in [0.1, 0.15) is 11.7 Å². The molecular formula is C10H16NO14P3. The molecule has 0 aromatic carbocycles. The molecule has 2 heterocycles. The van der Waals surface area contributed by atoms with Crippen molar-refractivity contribution in [3.05, 3.63) is 34.2 Å². The van der Waals surface area contributed by atoms with E-state index in [1.165, 1.54) is 12.3 Å². The zero-order valence-corrected chi connectivity index (χ0v) is 16.2. The quantitative estimate of drug-likeness (QED) is 0.224. The van der Waals surface area contributed by atoms with Crippen LogP contribution < -0.4 is 5.56 Å². The van der Waals surface area contributed by atoms with Crippen molar-refractivity contribution in [3.63, 3.8) is 0 Å². The van der Waals surface area contributed by atoms with E-state index in [1.54, 1.807) is 0 Å². The van der Waals surface area contributed by atoms with Crippen molar-refractivity contribution in [2.75, 3.05) is 6.61 Å². The van der Waals surface area contributed by atoms with E-state index >= 15 is 0 Å². The first-order valence-electron chi connectivity index (χ1n) is 7.18. The normalized spacial score (nSPS) is 29.9. The van der Waals surface area contributed by atoms with Gasteiger partial charge in [0.05, 0.1) is 6.61 Å². The van der Waals surface area contributed by atoms with E-state index in [0.29, 0.717) is 0 Å². The van der Waals surface area contributed by atoms with Gasteiger partial charge in [-0.15, -0.1) is 0 Å². The first-order valence-corrected chi connectivity index (χ1v) is 11.7. The van der Waals surface area contributed by atoms with Gasteiger partial charge in [0.25, 0.3) is 0 Å². The molecule has 7 N–H and O–H groups in total. The van der Waals surface area contributed by atoms with Gasteiger partial charge in [-0.1, -0.05) is 0 Å². The monoisotopic (exact) mass is 467 g/mol. The number of rotatable bonds is 8. The van der Waals surface area contributed by atoms with Gasteiger partial charge in [0.1, 0.15) is 24.4 Å². The Morgan fingerprint density at radius 1 is 1.00 bits per heavy atom. The van der Waals surface area contributed by atoms with Crippen LogP contribution in [0.25, 0.3) is 0 Å². The van der Waals surface area contributed by atoms with Gasteiger partial charge in [0.2, 0.25) is 5.56 Å². The zero-order chi connectivity index (χ0) is 21.3. The van der Waals surface area contributed by atoms with Gasteiger partial charge in [-0.05, 0) is 11.6 Å². The molecule has 28 heavy (non-hydrogen) atoms. The lowest BCUT2D eigenvalue weighted by molar-refractivity contribution is -0.0223. The highest BCUT2D eigenvalue weighted by Gasteiger charge is 2.46. The number of nitrogens with one attached hydrogen (secondary N) is 1. The molecule has 1 aliphatic heterocycles. The Morgan fingerprint density at radius 3 is 2.18 bits per heavy atom. The first-order chi connectivity index (χ1) is 12.7. The molecule has 1 aliphatic rings. The van der Waals surface area contributed by atoms with Crippen molar-refractivity contribution in [2.24, 2.45) is 0 Å². The molecule has 0 saturated carbocycles. The highest BCUT2D eigenvalue weighted by Crippen LogP contribution is 2.66. The molecule has 6 atom stereocenters. The average molecular weight is 467 g/mol. The third kappa shape index (κ3) is 6.65. The van der Waals surface area contributed by atoms with Crippen LogP contribution in [0, 0.1) is 0 Å². The minimum absolute atomic E-state index is 0.270. The van der Waals surface area contributed by atoms with Crippen molar-refractivity contribution in [1.82, 2.24) is 4.98 Å². The van der Waals surface area contributed by atoms with Crippen molar-refractivity contribution in [3.8, 4) is 0 Å². The second kappa shape index (κ2) is 8.54. The fourth-order valence-electron chi connectivity index (χ4n) is 2.23. The van der Waals surface area contributed by atoms with Crippen LogP contribution in [0.3, 0.4) is 0 Å². The largest absolute Gasteiger partial charge is 0.490 e. The summed E-state index contributed by atoms with van der Waals surface area (Å²) in [7, 11) is -16.6. The second-order valence-electron chi connectivity index (χ2n) is 5.45. The summed E-state index contributed by atoms with van der Waals surface area (Å²) in [6, 6.07) is 2.45. The third-order valence-electron chi connectivity index (χ3n) is 3.32. The number of phosphoric acid groups is 3. The molecule has 0 radical (unpaired) electrons. The summed E-state index contributed by atoms with van der Waals surface area (Å²) in [5, 5.41) is 20.0. The predicted molar refractivity (Wildman–Crippen MR) is 86.5 cm³/mol.